The summed E-state index contributed by atoms with van der Waals surface area (Å²) in [5.41, 5.74) is 2.64. The molecule has 0 saturated carbocycles. The van der Waals surface area contributed by atoms with Crippen molar-refractivity contribution in [3.8, 4) is 11.1 Å². The highest BCUT2D eigenvalue weighted by molar-refractivity contribution is 5.95. The van der Waals surface area contributed by atoms with Gasteiger partial charge in [0.25, 0.3) is 5.56 Å². The van der Waals surface area contributed by atoms with Gasteiger partial charge < -0.3 is 24.1 Å². The van der Waals surface area contributed by atoms with Gasteiger partial charge in [0.1, 0.15) is 5.65 Å². The van der Waals surface area contributed by atoms with E-state index in [4.69, 9.17) is 4.74 Å². The molecule has 1 fully saturated rings. The Hall–Kier alpha value is -3.63. The van der Waals surface area contributed by atoms with Crippen molar-refractivity contribution in [2.75, 3.05) is 51.8 Å². The Bertz CT molecular complexity index is 1450. The summed E-state index contributed by atoms with van der Waals surface area (Å²) >= 11 is 0. The van der Waals surface area contributed by atoms with Crippen molar-refractivity contribution < 1.29 is 17.9 Å². The molecule has 10 heteroatoms. The molecule has 0 amide bonds. The number of alkyl halides is 3. The minimum atomic E-state index is -4.46. The van der Waals surface area contributed by atoms with Crippen molar-refractivity contribution in [1.82, 2.24) is 19.4 Å². The van der Waals surface area contributed by atoms with Crippen LogP contribution in [-0.4, -0.2) is 66.4 Å². The molecule has 0 bridgehead atoms. The number of nitrogens with zero attached hydrogens (tertiary/aromatic N) is 4. The Morgan fingerprint density at radius 3 is 2.62 bits per heavy atom. The number of likely N-dealkylation sites (N-methyl/N-ethyl adjacent to an activating group) is 1. The fraction of sp³-hybridized carbons (Fsp3) is 0.333. The van der Waals surface area contributed by atoms with Gasteiger partial charge >= 0.3 is 6.18 Å². The monoisotopic (exact) mass is 511 g/mol. The highest BCUT2D eigenvalue weighted by Crippen LogP contribution is 2.33. The maximum atomic E-state index is 13.4. The first kappa shape index (κ1) is 25.0. The number of halogens is 3. The molecule has 1 saturated heterocycles. The zero-order valence-electron chi connectivity index (χ0n) is 20.6. The van der Waals surface area contributed by atoms with E-state index in [1.54, 1.807) is 12.3 Å². The molecule has 4 aromatic rings. The second-order valence-corrected chi connectivity index (χ2v) is 9.45. The number of hydrogen-bond donors (Lipinski definition) is 1. The van der Waals surface area contributed by atoms with Crippen LogP contribution in [0.3, 0.4) is 0 Å². The maximum Gasteiger partial charge on any atom is 0.416 e. The number of morpholine rings is 1. The summed E-state index contributed by atoms with van der Waals surface area (Å²) in [5.74, 6) is 0. The minimum absolute atomic E-state index is 0.298. The number of fused-ring (bicyclic) bond motifs is 1. The standard InChI is InChI=1S/C27H28F3N5O2/c1-33(2)17-24(19-4-3-5-20(12-19)27(28,29)30)35-7-6-18(13-25(35)36)23-16-32-26-22(23)14-21(15-31-26)34-8-10-37-11-9-34/h3-7,12-16,24H,8-11,17H2,1-2H3,(H,31,32). The number of benzene rings is 1. The molecular weight excluding hydrogens is 483 g/mol. The number of hydrogen-bond acceptors (Lipinski definition) is 5. The van der Waals surface area contributed by atoms with E-state index < -0.39 is 17.8 Å². The lowest BCUT2D eigenvalue weighted by atomic mass is 10.0. The largest absolute Gasteiger partial charge is 0.416 e. The van der Waals surface area contributed by atoms with Crippen LogP contribution in [-0.2, 0) is 10.9 Å². The zero-order valence-corrected chi connectivity index (χ0v) is 20.6. The van der Waals surface area contributed by atoms with Crippen LogP contribution in [0.1, 0.15) is 17.2 Å². The summed E-state index contributed by atoms with van der Waals surface area (Å²) in [4.78, 5) is 25.1. The van der Waals surface area contributed by atoms with Crippen LogP contribution in [0.15, 0.2) is 65.8 Å². The van der Waals surface area contributed by atoms with Gasteiger partial charge in [-0.1, -0.05) is 12.1 Å². The summed E-state index contributed by atoms with van der Waals surface area (Å²) in [7, 11) is 3.65. The van der Waals surface area contributed by atoms with E-state index in [0.717, 1.165) is 41.9 Å². The van der Waals surface area contributed by atoms with Crippen molar-refractivity contribution >= 4 is 16.7 Å². The van der Waals surface area contributed by atoms with Gasteiger partial charge in [-0.15, -0.1) is 0 Å². The van der Waals surface area contributed by atoms with Crippen LogP contribution in [0, 0.1) is 0 Å². The van der Waals surface area contributed by atoms with Crippen LogP contribution in [0.2, 0.25) is 0 Å². The van der Waals surface area contributed by atoms with Gasteiger partial charge in [-0.2, -0.15) is 13.2 Å². The van der Waals surface area contributed by atoms with Gasteiger partial charge in [0.2, 0.25) is 0 Å². The lowest BCUT2D eigenvalue weighted by Crippen LogP contribution is -2.36. The summed E-state index contributed by atoms with van der Waals surface area (Å²) < 4.78 is 47.0. The van der Waals surface area contributed by atoms with E-state index in [0.29, 0.717) is 36.5 Å². The molecule has 194 valence electrons. The molecule has 1 atom stereocenters. The summed E-state index contributed by atoms with van der Waals surface area (Å²) in [6.07, 6.45) is 0.845. The lowest BCUT2D eigenvalue weighted by Gasteiger charge is -2.28. The minimum Gasteiger partial charge on any atom is -0.378 e. The molecule has 4 heterocycles. The van der Waals surface area contributed by atoms with E-state index in [-0.39, 0.29) is 5.56 Å². The molecule has 3 aromatic heterocycles. The first-order valence-corrected chi connectivity index (χ1v) is 12.0. The van der Waals surface area contributed by atoms with Crippen molar-refractivity contribution in [3.63, 3.8) is 0 Å². The molecule has 1 aromatic carbocycles. The average molecular weight is 512 g/mol. The van der Waals surface area contributed by atoms with Crippen LogP contribution in [0.4, 0.5) is 18.9 Å². The number of aromatic nitrogens is 3. The molecule has 5 rings (SSSR count). The summed E-state index contributed by atoms with van der Waals surface area (Å²) in [6, 6.07) is 9.99. The number of nitrogens with one attached hydrogen (secondary N) is 1. The molecule has 1 unspecified atom stereocenters. The van der Waals surface area contributed by atoms with E-state index in [9.17, 15) is 18.0 Å². The zero-order chi connectivity index (χ0) is 26.2. The number of H-pyrrole nitrogens is 1. The van der Waals surface area contributed by atoms with Crippen molar-refractivity contribution in [3.05, 3.63) is 82.5 Å². The van der Waals surface area contributed by atoms with Gasteiger partial charge in [-0.25, -0.2) is 4.98 Å². The predicted octanol–water partition coefficient (Wildman–Crippen LogP) is 4.40. The Kier molecular flexibility index (Phi) is 6.78. The van der Waals surface area contributed by atoms with Crippen molar-refractivity contribution in [2.45, 2.75) is 12.2 Å². The molecule has 7 nitrogen and oxygen atoms in total. The Balaban J connectivity index is 1.52. The predicted molar refractivity (Wildman–Crippen MR) is 137 cm³/mol. The number of aromatic amines is 1. The lowest BCUT2D eigenvalue weighted by molar-refractivity contribution is -0.137. The molecule has 1 aliphatic rings. The maximum absolute atomic E-state index is 13.4. The fourth-order valence-corrected chi connectivity index (χ4v) is 4.76. The number of anilines is 1. The second kappa shape index (κ2) is 10.0. The normalized spacial score (nSPS) is 15.5. The fourth-order valence-electron chi connectivity index (χ4n) is 4.76. The van der Waals surface area contributed by atoms with Crippen LogP contribution >= 0.6 is 0 Å². The van der Waals surface area contributed by atoms with E-state index in [1.165, 1.54) is 16.7 Å². The molecule has 1 aliphatic heterocycles. The first-order chi connectivity index (χ1) is 17.7. The second-order valence-electron chi connectivity index (χ2n) is 9.45. The van der Waals surface area contributed by atoms with Gasteiger partial charge in [0.15, 0.2) is 0 Å². The quantitative estimate of drug-likeness (QED) is 0.416. The Morgan fingerprint density at radius 1 is 1.14 bits per heavy atom. The SMILES string of the molecule is CN(C)CC(c1cccc(C(F)(F)F)c1)n1ccc(-c2c[nH]c3ncc(N4CCOCC4)cc23)cc1=O. The average Bonchev–Trinajstić information content (AvgIpc) is 3.31. The third kappa shape index (κ3) is 5.26. The third-order valence-corrected chi connectivity index (χ3v) is 6.62. The Labute approximate surface area is 212 Å². The van der Waals surface area contributed by atoms with Crippen LogP contribution in [0.5, 0.6) is 0 Å². The van der Waals surface area contributed by atoms with Gasteiger partial charge in [0.05, 0.1) is 36.7 Å². The smallest absolute Gasteiger partial charge is 0.378 e. The van der Waals surface area contributed by atoms with E-state index >= 15 is 0 Å². The number of pyridine rings is 2. The van der Waals surface area contributed by atoms with E-state index in [1.807, 2.05) is 37.5 Å². The highest BCUT2D eigenvalue weighted by Gasteiger charge is 2.31. The summed E-state index contributed by atoms with van der Waals surface area (Å²) in [5, 5.41) is 0.892. The van der Waals surface area contributed by atoms with Gasteiger partial charge in [0, 0.05) is 49.0 Å². The van der Waals surface area contributed by atoms with Crippen LogP contribution in [0.25, 0.3) is 22.2 Å². The van der Waals surface area contributed by atoms with Crippen molar-refractivity contribution in [1.29, 1.82) is 0 Å². The molecule has 1 N–H and O–H groups in total. The number of rotatable bonds is 6. The molecule has 0 radical (unpaired) electrons. The Morgan fingerprint density at radius 2 is 1.92 bits per heavy atom. The summed E-state index contributed by atoms with van der Waals surface area (Å²) in [6.45, 7) is 3.25. The van der Waals surface area contributed by atoms with Gasteiger partial charge in [-0.3, -0.25) is 4.79 Å². The third-order valence-electron chi connectivity index (χ3n) is 6.62. The molecular formula is C27H28F3N5O2. The van der Waals surface area contributed by atoms with Crippen molar-refractivity contribution in [2.24, 2.45) is 0 Å². The number of ether oxygens (including phenoxy) is 1. The van der Waals surface area contributed by atoms with Crippen LogP contribution < -0.4 is 10.5 Å². The topological polar surface area (TPSA) is 66.4 Å². The highest BCUT2D eigenvalue weighted by atomic mass is 19.4. The first-order valence-electron chi connectivity index (χ1n) is 12.0. The molecule has 0 aliphatic carbocycles. The molecule has 37 heavy (non-hydrogen) atoms. The molecule has 0 spiro atoms. The van der Waals surface area contributed by atoms with Gasteiger partial charge in [-0.05, 0) is 49.5 Å². The van der Waals surface area contributed by atoms with E-state index in [2.05, 4.69) is 20.9 Å².